The van der Waals surface area contributed by atoms with Crippen molar-refractivity contribution in [3.05, 3.63) is 59.4 Å². The van der Waals surface area contributed by atoms with Crippen molar-refractivity contribution in [1.82, 2.24) is 0 Å². The number of hydrogen-bond acceptors (Lipinski definition) is 0. The van der Waals surface area contributed by atoms with E-state index >= 15 is 0 Å². The van der Waals surface area contributed by atoms with Crippen LogP contribution in [0.15, 0.2) is 42.5 Å². The lowest BCUT2D eigenvalue weighted by Crippen LogP contribution is -2.25. The predicted octanol–water partition coefficient (Wildman–Crippen LogP) is 8.45. The van der Waals surface area contributed by atoms with Crippen LogP contribution in [-0.2, 0) is 12.6 Å². The van der Waals surface area contributed by atoms with Crippen LogP contribution in [0.2, 0.25) is 12.1 Å². The summed E-state index contributed by atoms with van der Waals surface area (Å²) in [5, 5.41) is 0. The fourth-order valence-electron chi connectivity index (χ4n) is 6.18. The van der Waals surface area contributed by atoms with Gasteiger partial charge in [-0.25, -0.2) is 4.39 Å². The molecule has 0 nitrogen and oxygen atoms in total. The van der Waals surface area contributed by atoms with Crippen LogP contribution in [0.25, 0.3) is 11.1 Å². The summed E-state index contributed by atoms with van der Waals surface area (Å²) in [6, 6.07) is 11.0. The molecule has 0 radical (unpaired) electrons. The zero-order valence-corrected chi connectivity index (χ0v) is 21.1. The molecule has 0 aromatic heterocycles. The van der Waals surface area contributed by atoms with Gasteiger partial charge in [-0.3, -0.25) is 0 Å². The van der Waals surface area contributed by atoms with E-state index in [4.69, 9.17) is 0 Å². The van der Waals surface area contributed by atoms with Gasteiger partial charge in [0, 0.05) is 9.52 Å². The molecule has 5 heteroatoms. The Morgan fingerprint density at radius 3 is 1.91 bits per heavy atom. The highest BCUT2D eigenvalue weighted by molar-refractivity contribution is 6.35. The number of benzene rings is 2. The summed E-state index contributed by atoms with van der Waals surface area (Å²) in [5.41, 5.74) is 2.36. The van der Waals surface area contributed by atoms with Crippen LogP contribution in [-0.4, -0.2) is 9.52 Å². The van der Waals surface area contributed by atoms with Crippen molar-refractivity contribution in [3.63, 3.8) is 0 Å². The van der Waals surface area contributed by atoms with Gasteiger partial charge in [-0.1, -0.05) is 80.9 Å². The highest BCUT2D eigenvalue weighted by Crippen LogP contribution is 2.43. The fraction of sp³-hybridized carbons (Fsp3) is 0.571. The highest BCUT2D eigenvalue weighted by atomic mass is 28.2. The van der Waals surface area contributed by atoms with E-state index in [-0.39, 0.29) is 9.52 Å². The van der Waals surface area contributed by atoms with Crippen LogP contribution < -0.4 is 0 Å². The fourth-order valence-corrected chi connectivity index (χ4v) is 7.46. The van der Waals surface area contributed by atoms with E-state index in [9.17, 15) is 17.6 Å². The molecule has 0 bridgehead atoms. The van der Waals surface area contributed by atoms with Crippen LogP contribution in [0, 0.1) is 23.6 Å². The Morgan fingerprint density at radius 2 is 1.36 bits per heavy atom. The number of hydrogen-bond donors (Lipinski definition) is 0. The Labute approximate surface area is 198 Å². The molecule has 180 valence electrons. The first-order chi connectivity index (χ1) is 15.8. The van der Waals surface area contributed by atoms with E-state index in [0.29, 0.717) is 5.56 Å². The Hall–Kier alpha value is -1.62. The van der Waals surface area contributed by atoms with Crippen LogP contribution >= 0.6 is 0 Å². The van der Waals surface area contributed by atoms with Crippen molar-refractivity contribution >= 4 is 9.52 Å². The maximum absolute atomic E-state index is 13.9. The molecule has 0 atom stereocenters. The van der Waals surface area contributed by atoms with Crippen molar-refractivity contribution in [2.45, 2.75) is 82.5 Å². The molecule has 0 unspecified atom stereocenters. The second-order valence-electron chi connectivity index (χ2n) is 10.4. The molecule has 4 rings (SSSR count). The molecule has 2 fully saturated rings. The molecular formula is C28H36F4Si. The van der Waals surface area contributed by atoms with Gasteiger partial charge in [0.25, 0.3) is 0 Å². The summed E-state index contributed by atoms with van der Waals surface area (Å²) in [6.07, 6.45) is 9.06. The van der Waals surface area contributed by atoms with Crippen LogP contribution in [0.5, 0.6) is 0 Å². The minimum absolute atomic E-state index is 0.192. The van der Waals surface area contributed by atoms with Gasteiger partial charge < -0.3 is 0 Å². The normalized spacial score (nSPS) is 26.7. The van der Waals surface area contributed by atoms with Gasteiger partial charge in [0.15, 0.2) is 0 Å². The van der Waals surface area contributed by atoms with Gasteiger partial charge in [-0.2, -0.15) is 13.2 Å². The average molecular weight is 477 g/mol. The zero-order chi connectivity index (χ0) is 23.4. The quantitative estimate of drug-likeness (QED) is 0.290. The maximum Gasteiger partial charge on any atom is 0.419 e. The van der Waals surface area contributed by atoms with Crippen LogP contribution in [0.1, 0.15) is 68.9 Å². The van der Waals surface area contributed by atoms with E-state index in [1.54, 1.807) is 0 Å². The van der Waals surface area contributed by atoms with E-state index in [0.717, 1.165) is 47.4 Å². The lowest BCUT2D eigenvalue weighted by Gasteiger charge is -2.37. The Kier molecular flexibility index (Phi) is 7.98. The summed E-state index contributed by atoms with van der Waals surface area (Å²) in [5.74, 6) is 1.54. The minimum Gasteiger partial charge on any atom is -0.206 e. The molecule has 2 aliphatic rings. The maximum atomic E-state index is 13.9. The first-order valence-corrected chi connectivity index (χ1v) is 15.0. The predicted molar refractivity (Wildman–Crippen MR) is 131 cm³/mol. The molecule has 0 aliphatic heterocycles. The Morgan fingerprint density at radius 1 is 0.788 bits per heavy atom. The largest absolute Gasteiger partial charge is 0.419 e. The second kappa shape index (κ2) is 10.8. The van der Waals surface area contributed by atoms with Gasteiger partial charge >= 0.3 is 6.18 Å². The van der Waals surface area contributed by atoms with Crippen LogP contribution in [0.4, 0.5) is 17.6 Å². The van der Waals surface area contributed by atoms with E-state index < -0.39 is 17.6 Å². The third-order valence-corrected chi connectivity index (χ3v) is 10.4. The SMILES string of the molecule is C[SiH2][C@H]1CC[C@H]([C@H]2CC[C@H](CCc3ccc(-c4ccc(C(F)(F)F)c(F)c4)cc3)CC2)CC1. The topological polar surface area (TPSA) is 0 Å². The Balaban J connectivity index is 1.25. The molecule has 0 N–H and O–H groups in total. The highest BCUT2D eigenvalue weighted by Gasteiger charge is 2.34. The number of alkyl halides is 3. The molecule has 0 saturated heterocycles. The molecule has 33 heavy (non-hydrogen) atoms. The van der Waals surface area contributed by atoms with Crippen molar-refractivity contribution in [2.75, 3.05) is 0 Å². The summed E-state index contributed by atoms with van der Waals surface area (Å²) in [6.45, 7) is 2.47. The zero-order valence-electron chi connectivity index (χ0n) is 19.6. The third kappa shape index (κ3) is 6.29. The Bertz CT molecular complexity index is 889. The smallest absolute Gasteiger partial charge is 0.206 e. The van der Waals surface area contributed by atoms with E-state index in [1.807, 2.05) is 24.3 Å². The molecule has 0 heterocycles. The van der Waals surface area contributed by atoms with E-state index in [2.05, 4.69) is 6.55 Å². The third-order valence-electron chi connectivity index (χ3n) is 8.43. The standard InChI is InChI=1S/C28H36F4Si/c1-33-25-15-12-22(13-16-25)21-8-4-19(5-9-21)2-3-20-6-10-23(11-7-20)24-14-17-26(27(29)18-24)28(30,31)32/h6-7,10-11,14,17-19,21-22,25H,2-5,8-9,12-13,15-16,33H2,1H3/t19-,21-,22-,25-. The van der Waals surface area contributed by atoms with Crippen LogP contribution in [0.3, 0.4) is 0 Å². The first kappa shape index (κ1) is 24.5. The van der Waals surface area contributed by atoms with Gasteiger partial charge in [0.2, 0.25) is 0 Å². The van der Waals surface area contributed by atoms with Gasteiger partial charge in [0.1, 0.15) is 5.82 Å². The molecule has 0 amide bonds. The number of halogens is 4. The average Bonchev–Trinajstić information content (AvgIpc) is 2.82. The lowest BCUT2D eigenvalue weighted by atomic mass is 9.70. The molecule has 2 aromatic carbocycles. The molecule has 2 aliphatic carbocycles. The molecule has 2 aromatic rings. The molecule has 0 spiro atoms. The summed E-state index contributed by atoms with van der Waals surface area (Å²) < 4.78 is 52.2. The van der Waals surface area contributed by atoms with Gasteiger partial charge in [-0.05, 0) is 72.3 Å². The summed E-state index contributed by atoms with van der Waals surface area (Å²) >= 11 is 0. The van der Waals surface area contributed by atoms with Crippen molar-refractivity contribution in [3.8, 4) is 11.1 Å². The van der Waals surface area contributed by atoms with Crippen molar-refractivity contribution < 1.29 is 17.6 Å². The first-order valence-electron chi connectivity index (χ1n) is 12.8. The molecule has 2 saturated carbocycles. The minimum atomic E-state index is -4.67. The summed E-state index contributed by atoms with van der Waals surface area (Å²) in [4.78, 5) is 0. The monoisotopic (exact) mass is 476 g/mol. The lowest BCUT2D eigenvalue weighted by molar-refractivity contribution is -0.139. The number of aryl methyl sites for hydroxylation is 1. The van der Waals surface area contributed by atoms with Gasteiger partial charge in [0.05, 0.1) is 5.56 Å². The van der Waals surface area contributed by atoms with E-state index in [1.165, 1.54) is 69.4 Å². The van der Waals surface area contributed by atoms with Gasteiger partial charge in [-0.15, -0.1) is 0 Å². The number of rotatable bonds is 6. The second-order valence-corrected chi connectivity index (χ2v) is 12.4. The molecular weight excluding hydrogens is 440 g/mol. The van der Waals surface area contributed by atoms with Crippen molar-refractivity contribution in [1.29, 1.82) is 0 Å². The van der Waals surface area contributed by atoms with Crippen molar-refractivity contribution in [2.24, 2.45) is 17.8 Å². The summed E-state index contributed by atoms with van der Waals surface area (Å²) in [7, 11) is 0.192.